The highest BCUT2D eigenvalue weighted by Gasteiger charge is 2.31. The first-order valence-corrected chi connectivity index (χ1v) is 13.5. The van der Waals surface area contributed by atoms with Crippen molar-refractivity contribution in [3.8, 4) is 0 Å². The van der Waals surface area contributed by atoms with Gasteiger partial charge in [0, 0.05) is 19.5 Å². The third kappa shape index (κ3) is 13.8. The molecular weight excluding hydrogens is 386 g/mol. The van der Waals surface area contributed by atoms with E-state index in [0.29, 0.717) is 6.42 Å². The number of carbonyl (C=O) groups excluding carboxylic acids is 2. The molecule has 31 heavy (non-hydrogen) atoms. The molecule has 182 valence electrons. The molecule has 0 bridgehead atoms. The van der Waals surface area contributed by atoms with Crippen LogP contribution in [0.5, 0.6) is 0 Å². The van der Waals surface area contributed by atoms with E-state index in [0.717, 1.165) is 71.0 Å². The summed E-state index contributed by atoms with van der Waals surface area (Å²) in [5, 5.41) is 3.08. The highest BCUT2D eigenvalue weighted by atomic mass is 16.2. The fourth-order valence-corrected chi connectivity index (χ4v) is 4.54. The summed E-state index contributed by atoms with van der Waals surface area (Å²) >= 11 is 0. The van der Waals surface area contributed by atoms with Crippen LogP contribution in [0.2, 0.25) is 0 Å². The summed E-state index contributed by atoms with van der Waals surface area (Å²) in [5.41, 5.74) is 5.52. The van der Waals surface area contributed by atoms with E-state index in [-0.39, 0.29) is 17.9 Å². The summed E-state index contributed by atoms with van der Waals surface area (Å²) in [6.07, 6.45) is 21.8. The van der Waals surface area contributed by atoms with Gasteiger partial charge in [0.1, 0.15) is 6.04 Å². The molecule has 1 aliphatic rings. The van der Waals surface area contributed by atoms with E-state index >= 15 is 0 Å². The summed E-state index contributed by atoms with van der Waals surface area (Å²) in [5.74, 6) is 0.235. The molecule has 1 atom stereocenters. The van der Waals surface area contributed by atoms with Crippen molar-refractivity contribution in [2.24, 2.45) is 5.73 Å². The van der Waals surface area contributed by atoms with Crippen LogP contribution in [-0.2, 0) is 9.59 Å². The summed E-state index contributed by atoms with van der Waals surface area (Å²) < 4.78 is 0. The van der Waals surface area contributed by atoms with Crippen LogP contribution in [0.15, 0.2) is 0 Å². The Hall–Kier alpha value is -1.10. The van der Waals surface area contributed by atoms with Crippen LogP contribution in [0.3, 0.4) is 0 Å². The van der Waals surface area contributed by atoms with Crippen molar-refractivity contribution in [3.05, 3.63) is 0 Å². The Labute approximate surface area is 192 Å². The van der Waals surface area contributed by atoms with Crippen molar-refractivity contribution in [2.75, 3.05) is 19.6 Å². The topological polar surface area (TPSA) is 75.4 Å². The molecule has 1 fully saturated rings. The number of hydrogen-bond donors (Lipinski definition) is 2. The molecule has 5 nitrogen and oxygen atoms in total. The van der Waals surface area contributed by atoms with Crippen LogP contribution in [0.25, 0.3) is 0 Å². The smallest absolute Gasteiger partial charge is 0.242 e. The predicted octanol–water partition coefficient (Wildman–Crippen LogP) is 5.70. The standard InChI is InChI=1S/C26H51N3O2/c1-2-3-4-5-6-7-8-9-11-14-20-25(30)29-23-18-15-19-24(29)26(31)28-22-17-13-10-12-16-21-27/h24H,2-23,27H2,1H3,(H,28,31). The van der Waals surface area contributed by atoms with Gasteiger partial charge in [-0.15, -0.1) is 0 Å². The first-order chi connectivity index (χ1) is 15.2. The quantitative estimate of drug-likeness (QED) is 0.254. The monoisotopic (exact) mass is 437 g/mol. The summed E-state index contributed by atoms with van der Waals surface area (Å²) in [4.78, 5) is 27.3. The highest BCUT2D eigenvalue weighted by molar-refractivity contribution is 5.87. The predicted molar refractivity (Wildman–Crippen MR) is 131 cm³/mol. The van der Waals surface area contributed by atoms with Gasteiger partial charge < -0.3 is 16.0 Å². The molecule has 0 spiro atoms. The van der Waals surface area contributed by atoms with Gasteiger partial charge >= 0.3 is 0 Å². The molecular formula is C26H51N3O2. The van der Waals surface area contributed by atoms with Crippen LogP contribution >= 0.6 is 0 Å². The van der Waals surface area contributed by atoms with Crippen molar-refractivity contribution in [1.82, 2.24) is 10.2 Å². The lowest BCUT2D eigenvalue weighted by Crippen LogP contribution is -2.52. The largest absolute Gasteiger partial charge is 0.354 e. The van der Waals surface area contributed by atoms with E-state index in [1.807, 2.05) is 4.90 Å². The first-order valence-electron chi connectivity index (χ1n) is 13.5. The Balaban J connectivity index is 2.15. The SMILES string of the molecule is CCCCCCCCCCCCC(=O)N1CCCCC1C(=O)NCCCCCCCN. The van der Waals surface area contributed by atoms with E-state index in [1.165, 1.54) is 64.2 Å². The molecule has 1 heterocycles. The van der Waals surface area contributed by atoms with Crippen LogP contribution in [0.1, 0.15) is 129 Å². The minimum atomic E-state index is -0.249. The van der Waals surface area contributed by atoms with Crippen LogP contribution < -0.4 is 11.1 Å². The van der Waals surface area contributed by atoms with Crippen molar-refractivity contribution < 1.29 is 9.59 Å². The lowest BCUT2D eigenvalue weighted by molar-refractivity contribution is -0.142. The molecule has 0 aromatic carbocycles. The van der Waals surface area contributed by atoms with Gasteiger partial charge in [0.05, 0.1) is 0 Å². The van der Waals surface area contributed by atoms with Crippen molar-refractivity contribution in [2.45, 2.75) is 135 Å². The molecule has 0 aliphatic carbocycles. The maximum atomic E-state index is 12.8. The molecule has 3 N–H and O–H groups in total. The second-order valence-electron chi connectivity index (χ2n) is 9.38. The molecule has 2 amide bonds. The zero-order valence-electron chi connectivity index (χ0n) is 20.5. The molecule has 1 saturated heterocycles. The summed E-state index contributed by atoms with van der Waals surface area (Å²) in [6.45, 7) is 4.49. The number of amides is 2. The number of rotatable bonds is 19. The molecule has 1 unspecified atom stereocenters. The third-order valence-electron chi connectivity index (χ3n) is 6.55. The van der Waals surface area contributed by atoms with Gasteiger partial charge in [0.25, 0.3) is 0 Å². The lowest BCUT2D eigenvalue weighted by atomic mass is 10.00. The number of nitrogens with one attached hydrogen (secondary N) is 1. The van der Waals surface area contributed by atoms with Gasteiger partial charge in [-0.3, -0.25) is 9.59 Å². The number of nitrogens with zero attached hydrogens (tertiary/aromatic N) is 1. The molecule has 1 aliphatic heterocycles. The second kappa shape index (κ2) is 19.6. The zero-order chi connectivity index (χ0) is 22.6. The fraction of sp³-hybridized carbons (Fsp3) is 0.923. The minimum absolute atomic E-state index is 0.0538. The van der Waals surface area contributed by atoms with Crippen molar-refractivity contribution in [1.29, 1.82) is 0 Å². The summed E-state index contributed by atoms with van der Waals surface area (Å²) in [7, 11) is 0. The average molecular weight is 438 g/mol. The minimum Gasteiger partial charge on any atom is -0.354 e. The van der Waals surface area contributed by atoms with E-state index in [2.05, 4.69) is 12.2 Å². The fourth-order valence-electron chi connectivity index (χ4n) is 4.54. The maximum absolute atomic E-state index is 12.8. The van der Waals surface area contributed by atoms with Crippen molar-refractivity contribution in [3.63, 3.8) is 0 Å². The highest BCUT2D eigenvalue weighted by Crippen LogP contribution is 2.20. The zero-order valence-corrected chi connectivity index (χ0v) is 20.5. The Bertz CT molecular complexity index is 456. The van der Waals surface area contributed by atoms with Gasteiger partial charge in [-0.05, 0) is 45.1 Å². The molecule has 1 rings (SSSR count). The Morgan fingerprint density at radius 2 is 1.39 bits per heavy atom. The Kier molecular flexibility index (Phi) is 17.6. The van der Waals surface area contributed by atoms with E-state index < -0.39 is 0 Å². The lowest BCUT2D eigenvalue weighted by Gasteiger charge is -2.35. The summed E-state index contributed by atoms with van der Waals surface area (Å²) in [6, 6.07) is -0.249. The third-order valence-corrected chi connectivity index (χ3v) is 6.55. The van der Waals surface area contributed by atoms with E-state index in [1.54, 1.807) is 0 Å². The Morgan fingerprint density at radius 3 is 2.03 bits per heavy atom. The number of unbranched alkanes of at least 4 members (excludes halogenated alkanes) is 13. The number of piperidine rings is 1. The van der Waals surface area contributed by atoms with Gasteiger partial charge in [0.2, 0.25) is 11.8 Å². The van der Waals surface area contributed by atoms with Gasteiger partial charge in [-0.1, -0.05) is 84.0 Å². The number of hydrogen-bond acceptors (Lipinski definition) is 3. The van der Waals surface area contributed by atoms with Crippen LogP contribution in [-0.4, -0.2) is 42.4 Å². The van der Waals surface area contributed by atoms with Crippen LogP contribution in [0, 0.1) is 0 Å². The Morgan fingerprint density at radius 1 is 0.806 bits per heavy atom. The number of carbonyl (C=O) groups is 2. The van der Waals surface area contributed by atoms with Gasteiger partial charge in [-0.2, -0.15) is 0 Å². The maximum Gasteiger partial charge on any atom is 0.242 e. The first kappa shape index (κ1) is 27.9. The molecule has 5 heteroatoms. The van der Waals surface area contributed by atoms with Crippen LogP contribution in [0.4, 0.5) is 0 Å². The van der Waals surface area contributed by atoms with E-state index in [4.69, 9.17) is 5.73 Å². The number of nitrogens with two attached hydrogens (primary N) is 1. The molecule has 0 aromatic rings. The molecule has 0 radical (unpaired) electrons. The normalized spacial score (nSPS) is 16.5. The van der Waals surface area contributed by atoms with E-state index in [9.17, 15) is 9.59 Å². The average Bonchev–Trinajstić information content (AvgIpc) is 2.79. The van der Waals surface area contributed by atoms with Gasteiger partial charge in [-0.25, -0.2) is 0 Å². The number of likely N-dealkylation sites (tertiary alicyclic amines) is 1. The van der Waals surface area contributed by atoms with Gasteiger partial charge in [0.15, 0.2) is 0 Å². The molecule has 0 aromatic heterocycles. The van der Waals surface area contributed by atoms with Crippen molar-refractivity contribution >= 4 is 11.8 Å². The molecule has 0 saturated carbocycles. The second-order valence-corrected chi connectivity index (χ2v) is 9.38.